The molecule has 0 bridgehead atoms. The number of carbonyl (C=O) groups excluding carboxylic acids is 1. The molecular weight excluding hydrogens is 352 g/mol. The van der Waals surface area contributed by atoms with E-state index in [-0.39, 0.29) is 18.6 Å². The van der Waals surface area contributed by atoms with E-state index in [2.05, 4.69) is 10.6 Å². The molecule has 0 heterocycles. The Bertz CT molecular complexity index is 910. The van der Waals surface area contributed by atoms with Gasteiger partial charge in [-0.1, -0.05) is 42.5 Å². The van der Waals surface area contributed by atoms with Crippen molar-refractivity contribution in [3.8, 4) is 17.2 Å². The molecule has 0 aliphatic carbocycles. The number of carbonyl (C=O) groups is 1. The molecule has 3 rings (SSSR count). The molecule has 0 spiro atoms. The van der Waals surface area contributed by atoms with E-state index in [9.17, 15) is 4.79 Å². The molecule has 28 heavy (non-hydrogen) atoms. The number of hydrogen-bond acceptors (Lipinski definition) is 4. The molecule has 0 aromatic heterocycles. The first-order valence-electron chi connectivity index (χ1n) is 9.23. The normalized spacial score (nSPS) is 10.4. The van der Waals surface area contributed by atoms with Crippen molar-refractivity contribution >= 4 is 17.3 Å². The van der Waals surface area contributed by atoms with Crippen LogP contribution in [0.1, 0.15) is 13.8 Å². The fourth-order valence-corrected chi connectivity index (χ4v) is 2.61. The third-order valence-corrected chi connectivity index (χ3v) is 3.82. The van der Waals surface area contributed by atoms with Crippen molar-refractivity contribution in [2.24, 2.45) is 0 Å². The van der Waals surface area contributed by atoms with Crippen LogP contribution in [0.4, 0.5) is 11.4 Å². The molecule has 0 atom stereocenters. The number of benzene rings is 3. The van der Waals surface area contributed by atoms with Gasteiger partial charge in [-0.05, 0) is 50.2 Å². The smallest absolute Gasteiger partial charge is 0.243 e. The van der Waals surface area contributed by atoms with Gasteiger partial charge in [0.2, 0.25) is 5.91 Å². The van der Waals surface area contributed by atoms with E-state index in [1.165, 1.54) is 0 Å². The highest BCUT2D eigenvalue weighted by atomic mass is 16.5. The van der Waals surface area contributed by atoms with Gasteiger partial charge in [-0.3, -0.25) is 4.79 Å². The van der Waals surface area contributed by atoms with Crippen molar-refractivity contribution in [3.05, 3.63) is 78.9 Å². The maximum absolute atomic E-state index is 12.4. The van der Waals surface area contributed by atoms with E-state index in [4.69, 9.17) is 9.47 Å². The second-order valence-corrected chi connectivity index (χ2v) is 6.48. The highest BCUT2D eigenvalue weighted by Gasteiger charge is 2.10. The summed E-state index contributed by atoms with van der Waals surface area (Å²) in [5.41, 5.74) is 1.39. The van der Waals surface area contributed by atoms with Crippen LogP contribution in [0.15, 0.2) is 78.9 Å². The van der Waals surface area contributed by atoms with Gasteiger partial charge in [-0.25, -0.2) is 0 Å². The summed E-state index contributed by atoms with van der Waals surface area (Å²) in [5, 5.41) is 6.02. The number of ether oxygens (including phenoxy) is 2. The van der Waals surface area contributed by atoms with Crippen LogP contribution < -0.4 is 20.1 Å². The van der Waals surface area contributed by atoms with E-state index in [0.717, 1.165) is 11.4 Å². The van der Waals surface area contributed by atoms with Crippen LogP contribution in [0, 0.1) is 0 Å². The van der Waals surface area contributed by atoms with Crippen molar-refractivity contribution < 1.29 is 14.3 Å². The Balaban J connectivity index is 1.63. The van der Waals surface area contributed by atoms with Crippen molar-refractivity contribution in [3.63, 3.8) is 0 Å². The molecule has 144 valence electrons. The lowest BCUT2D eigenvalue weighted by Gasteiger charge is -2.16. The minimum absolute atomic E-state index is 0.0261. The summed E-state index contributed by atoms with van der Waals surface area (Å²) in [6.45, 7) is 4.00. The maximum Gasteiger partial charge on any atom is 0.243 e. The molecule has 0 fully saturated rings. The average molecular weight is 376 g/mol. The number of nitrogens with one attached hydrogen (secondary N) is 2. The van der Waals surface area contributed by atoms with E-state index in [0.29, 0.717) is 17.2 Å². The molecule has 0 radical (unpaired) electrons. The van der Waals surface area contributed by atoms with Crippen LogP contribution in [0.5, 0.6) is 17.2 Å². The average Bonchev–Trinajstić information content (AvgIpc) is 2.69. The summed E-state index contributed by atoms with van der Waals surface area (Å²) in [4.78, 5) is 12.4. The van der Waals surface area contributed by atoms with Crippen LogP contribution in [0.2, 0.25) is 0 Å². The van der Waals surface area contributed by atoms with E-state index in [1.54, 1.807) is 0 Å². The van der Waals surface area contributed by atoms with Gasteiger partial charge in [0.1, 0.15) is 11.5 Å². The topological polar surface area (TPSA) is 59.6 Å². The van der Waals surface area contributed by atoms with Gasteiger partial charge in [0.25, 0.3) is 0 Å². The molecule has 0 aliphatic heterocycles. The molecule has 3 aromatic rings. The van der Waals surface area contributed by atoms with Crippen molar-refractivity contribution in [2.45, 2.75) is 20.0 Å². The van der Waals surface area contributed by atoms with E-state index in [1.807, 2.05) is 92.7 Å². The molecular formula is C23H24N2O3. The Morgan fingerprint density at radius 1 is 0.821 bits per heavy atom. The van der Waals surface area contributed by atoms with Gasteiger partial charge in [-0.2, -0.15) is 0 Å². The van der Waals surface area contributed by atoms with Crippen LogP contribution in [0.25, 0.3) is 0 Å². The summed E-state index contributed by atoms with van der Waals surface area (Å²) in [6, 6.07) is 24.4. The summed E-state index contributed by atoms with van der Waals surface area (Å²) >= 11 is 0. The third-order valence-electron chi connectivity index (χ3n) is 3.82. The number of rotatable bonds is 8. The van der Waals surface area contributed by atoms with Crippen molar-refractivity contribution in [1.29, 1.82) is 0 Å². The van der Waals surface area contributed by atoms with E-state index >= 15 is 0 Å². The zero-order valence-corrected chi connectivity index (χ0v) is 16.0. The zero-order valence-electron chi connectivity index (χ0n) is 16.0. The number of para-hydroxylation sites is 5. The van der Waals surface area contributed by atoms with Crippen LogP contribution >= 0.6 is 0 Å². The minimum atomic E-state index is -0.172. The van der Waals surface area contributed by atoms with Gasteiger partial charge in [0.15, 0.2) is 5.75 Å². The monoisotopic (exact) mass is 376 g/mol. The van der Waals surface area contributed by atoms with Crippen molar-refractivity contribution in [1.82, 2.24) is 0 Å². The maximum atomic E-state index is 12.4. The quantitative estimate of drug-likeness (QED) is 0.559. The molecule has 3 aromatic carbocycles. The Morgan fingerprint density at radius 3 is 2.14 bits per heavy atom. The predicted octanol–water partition coefficient (Wildman–Crippen LogP) is 5.32. The Hall–Kier alpha value is -3.47. The summed E-state index contributed by atoms with van der Waals surface area (Å²) < 4.78 is 11.6. The second kappa shape index (κ2) is 9.46. The SMILES string of the molecule is CC(C)Oc1ccccc1NC(=O)CNc1ccccc1Oc1ccccc1. The first-order valence-corrected chi connectivity index (χ1v) is 9.23. The molecule has 0 unspecified atom stereocenters. The lowest BCUT2D eigenvalue weighted by molar-refractivity contribution is -0.114. The van der Waals surface area contributed by atoms with E-state index < -0.39 is 0 Å². The Labute approximate surface area is 165 Å². The Kier molecular flexibility index (Phi) is 6.52. The number of amides is 1. The molecule has 1 amide bonds. The first-order chi connectivity index (χ1) is 13.6. The Morgan fingerprint density at radius 2 is 1.43 bits per heavy atom. The van der Waals surface area contributed by atoms with Gasteiger partial charge < -0.3 is 20.1 Å². The molecule has 2 N–H and O–H groups in total. The van der Waals surface area contributed by atoms with Crippen LogP contribution in [-0.4, -0.2) is 18.6 Å². The first kappa shape index (κ1) is 19.3. The highest BCUT2D eigenvalue weighted by molar-refractivity contribution is 5.95. The van der Waals surface area contributed by atoms with Gasteiger partial charge in [0, 0.05) is 0 Å². The molecule has 0 saturated carbocycles. The largest absolute Gasteiger partial charge is 0.489 e. The number of hydrogen-bond donors (Lipinski definition) is 2. The highest BCUT2D eigenvalue weighted by Crippen LogP contribution is 2.29. The zero-order chi connectivity index (χ0) is 19.8. The number of anilines is 2. The summed E-state index contributed by atoms with van der Waals surface area (Å²) in [5.74, 6) is 1.87. The third kappa shape index (κ3) is 5.51. The molecule has 5 heteroatoms. The van der Waals surface area contributed by atoms with Crippen LogP contribution in [-0.2, 0) is 4.79 Å². The van der Waals surface area contributed by atoms with Gasteiger partial charge in [0.05, 0.1) is 24.0 Å². The standard InChI is InChI=1S/C23H24N2O3/c1-17(2)27-22-15-9-7-13-20(22)25-23(26)16-24-19-12-6-8-14-21(19)28-18-10-4-3-5-11-18/h3-15,17,24H,16H2,1-2H3,(H,25,26). The molecule has 0 aliphatic rings. The summed E-state index contributed by atoms with van der Waals surface area (Å²) in [7, 11) is 0. The lowest BCUT2D eigenvalue weighted by atomic mass is 10.2. The summed E-state index contributed by atoms with van der Waals surface area (Å²) in [6.07, 6.45) is 0.0261. The minimum Gasteiger partial charge on any atom is -0.489 e. The van der Waals surface area contributed by atoms with Crippen molar-refractivity contribution in [2.75, 3.05) is 17.2 Å². The van der Waals surface area contributed by atoms with Gasteiger partial charge in [-0.15, -0.1) is 0 Å². The predicted molar refractivity (Wildman–Crippen MR) is 112 cm³/mol. The van der Waals surface area contributed by atoms with Gasteiger partial charge >= 0.3 is 0 Å². The lowest BCUT2D eigenvalue weighted by Crippen LogP contribution is -2.22. The molecule has 5 nitrogen and oxygen atoms in total. The fraction of sp³-hybridized carbons (Fsp3) is 0.174. The fourth-order valence-electron chi connectivity index (χ4n) is 2.61. The van der Waals surface area contributed by atoms with Crippen LogP contribution in [0.3, 0.4) is 0 Å². The second-order valence-electron chi connectivity index (χ2n) is 6.48. The molecule has 0 saturated heterocycles.